The molecule has 2 heterocycles. The van der Waals surface area contributed by atoms with Gasteiger partial charge in [-0.25, -0.2) is 0 Å². The van der Waals surface area contributed by atoms with Crippen LogP contribution >= 0.6 is 11.3 Å². The van der Waals surface area contributed by atoms with Crippen LogP contribution in [0.2, 0.25) is 0 Å². The maximum Gasteiger partial charge on any atom is 0.279 e. The lowest BCUT2D eigenvalue weighted by Crippen LogP contribution is -2.28. The van der Waals surface area contributed by atoms with Gasteiger partial charge >= 0.3 is 0 Å². The third-order valence-electron chi connectivity index (χ3n) is 5.40. The van der Waals surface area contributed by atoms with E-state index in [-0.39, 0.29) is 30.6 Å². The molecule has 32 heavy (non-hydrogen) atoms. The molecule has 3 aromatic rings. The minimum absolute atomic E-state index is 0.218. The summed E-state index contributed by atoms with van der Waals surface area (Å²) in [6, 6.07) is 10.7. The number of anilines is 1. The van der Waals surface area contributed by atoms with Crippen LogP contribution in [0.4, 0.5) is 5.69 Å². The zero-order chi connectivity index (χ0) is 22.8. The van der Waals surface area contributed by atoms with E-state index in [1.54, 1.807) is 24.3 Å². The summed E-state index contributed by atoms with van der Waals surface area (Å²) in [6.45, 7) is 7.82. The molecule has 1 aromatic heterocycles. The molecule has 1 saturated heterocycles. The molecule has 0 bridgehead atoms. The van der Waals surface area contributed by atoms with Crippen LogP contribution in [0.25, 0.3) is 10.2 Å². The summed E-state index contributed by atoms with van der Waals surface area (Å²) in [7, 11) is 0. The summed E-state index contributed by atoms with van der Waals surface area (Å²) in [5.74, 6) is -0.809. The molecule has 1 fully saturated rings. The number of rotatable bonds is 6. The Morgan fingerprint density at radius 2 is 1.78 bits per heavy atom. The number of benzene rings is 2. The van der Waals surface area contributed by atoms with Crippen molar-refractivity contribution < 1.29 is 19.1 Å². The quantitative estimate of drug-likeness (QED) is 0.422. The Kier molecular flexibility index (Phi) is 6.34. The zero-order valence-corrected chi connectivity index (χ0v) is 19.2. The first kappa shape index (κ1) is 22.1. The molecule has 0 atom stereocenters. The predicted molar refractivity (Wildman–Crippen MR) is 124 cm³/mol. The minimum Gasteiger partial charge on any atom is -0.380 e. The molecule has 0 aliphatic carbocycles. The predicted octanol–water partition coefficient (Wildman–Crippen LogP) is 3.75. The molecule has 166 valence electrons. The summed E-state index contributed by atoms with van der Waals surface area (Å²) >= 11 is 1.49. The number of hydrogen-bond donors (Lipinski definition) is 0. The van der Waals surface area contributed by atoms with E-state index in [1.807, 2.05) is 11.5 Å². The van der Waals surface area contributed by atoms with Crippen LogP contribution in [0.15, 0.2) is 41.4 Å². The molecular weight excluding hydrogens is 426 g/mol. The molecule has 4 rings (SSSR count). The van der Waals surface area contributed by atoms with Crippen LogP contribution in [-0.4, -0.2) is 35.5 Å². The SMILES string of the molecule is CCOCCn1c(=NC(=O)c2ccc(N3C(=O)CCC3=O)cc2)sc2c(C)cc(C)cc21. The molecule has 2 aromatic carbocycles. The number of fused-ring (bicyclic) bond motifs is 1. The number of imide groups is 1. The first-order valence-corrected chi connectivity index (χ1v) is 11.4. The van der Waals surface area contributed by atoms with Crippen molar-refractivity contribution in [3.8, 4) is 0 Å². The van der Waals surface area contributed by atoms with E-state index in [1.165, 1.54) is 16.2 Å². The van der Waals surface area contributed by atoms with Crippen molar-refractivity contribution in [2.45, 2.75) is 40.2 Å². The van der Waals surface area contributed by atoms with Gasteiger partial charge in [-0.15, -0.1) is 0 Å². The van der Waals surface area contributed by atoms with Gasteiger partial charge in [0.2, 0.25) is 11.8 Å². The van der Waals surface area contributed by atoms with Crippen molar-refractivity contribution in [1.82, 2.24) is 4.57 Å². The standard InChI is InChI=1S/C24H25N3O4S/c1-4-31-12-11-26-19-14-15(2)13-16(3)22(19)32-24(26)25-23(30)17-5-7-18(8-6-17)27-20(28)9-10-21(27)29/h5-8,13-14H,4,9-12H2,1-3H3. The third-order valence-corrected chi connectivity index (χ3v) is 6.63. The van der Waals surface area contributed by atoms with Crippen molar-refractivity contribution in [3.63, 3.8) is 0 Å². The fraction of sp³-hybridized carbons (Fsp3) is 0.333. The number of amides is 3. The van der Waals surface area contributed by atoms with Gasteiger partial charge in [0.05, 0.1) is 22.5 Å². The molecule has 0 spiro atoms. The van der Waals surface area contributed by atoms with Crippen LogP contribution in [0.5, 0.6) is 0 Å². The smallest absolute Gasteiger partial charge is 0.279 e. The summed E-state index contributed by atoms with van der Waals surface area (Å²) in [5, 5.41) is 0. The van der Waals surface area contributed by atoms with E-state index >= 15 is 0 Å². The lowest BCUT2D eigenvalue weighted by atomic mass is 10.1. The summed E-state index contributed by atoms with van der Waals surface area (Å²) in [6.07, 6.45) is 0.447. The van der Waals surface area contributed by atoms with E-state index in [4.69, 9.17) is 4.74 Å². The lowest BCUT2D eigenvalue weighted by molar-refractivity contribution is -0.121. The Morgan fingerprint density at radius 3 is 2.44 bits per heavy atom. The number of thiazole rings is 1. The molecule has 0 unspecified atom stereocenters. The van der Waals surface area contributed by atoms with Crippen LogP contribution < -0.4 is 9.70 Å². The van der Waals surface area contributed by atoms with Gasteiger partial charge in [-0.2, -0.15) is 4.99 Å². The highest BCUT2D eigenvalue weighted by molar-refractivity contribution is 7.16. The fourth-order valence-electron chi connectivity index (χ4n) is 3.88. The number of hydrogen-bond acceptors (Lipinski definition) is 5. The van der Waals surface area contributed by atoms with Gasteiger partial charge in [0.25, 0.3) is 5.91 Å². The van der Waals surface area contributed by atoms with E-state index < -0.39 is 0 Å². The van der Waals surface area contributed by atoms with Gasteiger partial charge in [-0.1, -0.05) is 17.4 Å². The number of carbonyl (C=O) groups is 3. The Bertz CT molecular complexity index is 1250. The Labute approximate surface area is 190 Å². The lowest BCUT2D eigenvalue weighted by Gasteiger charge is -2.13. The number of ether oxygens (including phenoxy) is 1. The Hall–Kier alpha value is -3.10. The normalized spacial score (nSPS) is 14.7. The van der Waals surface area contributed by atoms with Crippen molar-refractivity contribution in [2.24, 2.45) is 4.99 Å². The maximum absolute atomic E-state index is 12.9. The number of aromatic nitrogens is 1. The third kappa shape index (κ3) is 4.28. The van der Waals surface area contributed by atoms with Gasteiger partial charge in [0.1, 0.15) is 0 Å². The number of carbonyl (C=O) groups excluding carboxylic acids is 3. The largest absolute Gasteiger partial charge is 0.380 e. The topological polar surface area (TPSA) is 81.0 Å². The Morgan fingerprint density at radius 1 is 1.09 bits per heavy atom. The zero-order valence-electron chi connectivity index (χ0n) is 18.4. The van der Waals surface area contributed by atoms with Gasteiger partial charge in [0, 0.05) is 31.6 Å². The maximum atomic E-state index is 12.9. The van der Waals surface area contributed by atoms with E-state index in [2.05, 4.69) is 31.0 Å². The van der Waals surface area contributed by atoms with Gasteiger partial charge in [-0.3, -0.25) is 19.3 Å². The van der Waals surface area contributed by atoms with Crippen LogP contribution in [-0.2, 0) is 20.9 Å². The average molecular weight is 452 g/mol. The highest BCUT2D eigenvalue weighted by Gasteiger charge is 2.30. The second-order valence-corrected chi connectivity index (χ2v) is 8.73. The van der Waals surface area contributed by atoms with Crippen molar-refractivity contribution in [2.75, 3.05) is 18.1 Å². The van der Waals surface area contributed by atoms with Crippen LogP contribution in [0.1, 0.15) is 41.3 Å². The van der Waals surface area contributed by atoms with E-state index in [9.17, 15) is 14.4 Å². The van der Waals surface area contributed by atoms with Crippen LogP contribution in [0, 0.1) is 13.8 Å². The molecule has 3 amide bonds. The van der Waals surface area contributed by atoms with E-state index in [0.29, 0.717) is 35.8 Å². The molecular formula is C24H25N3O4S. The minimum atomic E-state index is -0.373. The van der Waals surface area contributed by atoms with E-state index in [0.717, 1.165) is 21.3 Å². The molecule has 7 nitrogen and oxygen atoms in total. The highest BCUT2D eigenvalue weighted by atomic mass is 32.1. The van der Waals surface area contributed by atoms with Crippen LogP contribution in [0.3, 0.4) is 0 Å². The molecule has 0 radical (unpaired) electrons. The summed E-state index contributed by atoms with van der Waals surface area (Å²) in [5.41, 5.74) is 4.22. The van der Waals surface area contributed by atoms with Crippen molar-refractivity contribution in [1.29, 1.82) is 0 Å². The van der Waals surface area contributed by atoms with Gasteiger partial charge in [-0.05, 0) is 62.2 Å². The molecule has 8 heteroatoms. The fourth-order valence-corrected chi connectivity index (χ4v) is 4.99. The Balaban J connectivity index is 1.69. The number of aryl methyl sites for hydroxylation is 2. The van der Waals surface area contributed by atoms with Crippen molar-refractivity contribution >= 4 is 45.0 Å². The molecule has 1 aliphatic heterocycles. The molecule has 1 aliphatic rings. The first-order chi connectivity index (χ1) is 15.4. The molecule has 0 saturated carbocycles. The monoisotopic (exact) mass is 451 g/mol. The van der Waals surface area contributed by atoms with Gasteiger partial charge in [0.15, 0.2) is 4.80 Å². The summed E-state index contributed by atoms with van der Waals surface area (Å²) < 4.78 is 8.67. The second kappa shape index (κ2) is 9.18. The second-order valence-electron chi connectivity index (χ2n) is 7.75. The van der Waals surface area contributed by atoms with Crippen molar-refractivity contribution in [3.05, 3.63) is 57.9 Å². The highest BCUT2D eigenvalue weighted by Crippen LogP contribution is 2.25. The number of nitrogens with zero attached hydrogens (tertiary/aromatic N) is 3. The van der Waals surface area contributed by atoms with Gasteiger partial charge < -0.3 is 9.30 Å². The summed E-state index contributed by atoms with van der Waals surface area (Å²) in [4.78, 5) is 43.0. The molecule has 0 N–H and O–H groups in total. The first-order valence-electron chi connectivity index (χ1n) is 10.6. The average Bonchev–Trinajstić information content (AvgIpc) is 3.28.